The number of piperidine rings is 1. The summed E-state index contributed by atoms with van der Waals surface area (Å²) in [5, 5.41) is 1.96. The highest BCUT2D eigenvalue weighted by Crippen LogP contribution is 2.26. The van der Waals surface area contributed by atoms with E-state index in [-0.39, 0.29) is 5.91 Å². The summed E-state index contributed by atoms with van der Waals surface area (Å²) in [6, 6.07) is 14.2. The van der Waals surface area contributed by atoms with Crippen LogP contribution in [0.5, 0.6) is 0 Å². The summed E-state index contributed by atoms with van der Waals surface area (Å²) in [6.07, 6.45) is 2.06. The predicted octanol–water partition coefficient (Wildman–Crippen LogP) is 3.49. The summed E-state index contributed by atoms with van der Waals surface area (Å²) in [4.78, 5) is 18.1. The van der Waals surface area contributed by atoms with Gasteiger partial charge in [0.05, 0.1) is 4.88 Å². The fourth-order valence-corrected chi connectivity index (χ4v) is 3.51. The summed E-state index contributed by atoms with van der Waals surface area (Å²) in [6.45, 7) is 2.09. The quantitative estimate of drug-likeness (QED) is 0.866. The van der Waals surface area contributed by atoms with Crippen molar-refractivity contribution >= 4 is 22.9 Å². The van der Waals surface area contributed by atoms with Gasteiger partial charge in [-0.15, -0.1) is 11.3 Å². The van der Waals surface area contributed by atoms with Gasteiger partial charge in [0.1, 0.15) is 0 Å². The Morgan fingerprint density at radius 2 is 1.86 bits per heavy atom. The van der Waals surface area contributed by atoms with E-state index in [4.69, 9.17) is 0 Å². The van der Waals surface area contributed by atoms with Gasteiger partial charge in [0, 0.05) is 11.7 Å². The third-order valence-corrected chi connectivity index (χ3v) is 4.90. The normalized spacial score (nSPS) is 16.8. The Labute approximate surface area is 129 Å². The third kappa shape index (κ3) is 3.17. The van der Waals surface area contributed by atoms with Crippen LogP contribution in [0, 0.1) is 0 Å². The first-order valence-electron chi connectivity index (χ1n) is 7.36. The highest BCUT2D eigenvalue weighted by molar-refractivity contribution is 7.12. The Balaban J connectivity index is 1.90. The van der Waals surface area contributed by atoms with E-state index in [0.717, 1.165) is 36.5 Å². The highest BCUT2D eigenvalue weighted by atomic mass is 32.1. The van der Waals surface area contributed by atoms with Crippen LogP contribution >= 0.6 is 11.3 Å². The van der Waals surface area contributed by atoms with Crippen molar-refractivity contribution < 1.29 is 4.79 Å². The van der Waals surface area contributed by atoms with Crippen LogP contribution in [0.25, 0.3) is 0 Å². The molecule has 3 nitrogen and oxygen atoms in total. The molecule has 1 aliphatic heterocycles. The summed E-state index contributed by atoms with van der Waals surface area (Å²) < 4.78 is 0. The molecule has 1 saturated heterocycles. The van der Waals surface area contributed by atoms with E-state index in [0.29, 0.717) is 6.04 Å². The SMILES string of the molecule is CN1CCC(N(C(=O)c2cccs2)c2ccccc2)CC1. The van der Waals surface area contributed by atoms with Crippen molar-refractivity contribution in [1.82, 2.24) is 4.90 Å². The van der Waals surface area contributed by atoms with Gasteiger partial charge < -0.3 is 9.80 Å². The molecule has 0 bridgehead atoms. The molecule has 1 fully saturated rings. The monoisotopic (exact) mass is 300 g/mol. The number of rotatable bonds is 3. The molecule has 0 saturated carbocycles. The van der Waals surface area contributed by atoms with E-state index in [9.17, 15) is 4.79 Å². The smallest absolute Gasteiger partial charge is 0.268 e. The van der Waals surface area contributed by atoms with Crippen LogP contribution in [0.2, 0.25) is 0 Å². The Hall–Kier alpha value is -1.65. The van der Waals surface area contributed by atoms with Crippen molar-refractivity contribution in [3.63, 3.8) is 0 Å². The number of nitrogens with zero attached hydrogens (tertiary/aromatic N) is 2. The summed E-state index contributed by atoms with van der Waals surface area (Å²) in [7, 11) is 2.14. The molecule has 4 heteroatoms. The molecule has 3 rings (SSSR count). The first-order valence-corrected chi connectivity index (χ1v) is 8.24. The molecule has 1 aromatic heterocycles. The maximum Gasteiger partial charge on any atom is 0.268 e. The topological polar surface area (TPSA) is 23.6 Å². The number of thiophene rings is 1. The number of likely N-dealkylation sites (tertiary alicyclic amines) is 1. The molecule has 0 radical (unpaired) electrons. The largest absolute Gasteiger partial charge is 0.306 e. The first kappa shape index (κ1) is 14.3. The van der Waals surface area contributed by atoms with Crippen molar-refractivity contribution in [2.75, 3.05) is 25.0 Å². The van der Waals surface area contributed by atoms with E-state index in [1.54, 1.807) is 0 Å². The molecule has 2 heterocycles. The number of benzene rings is 1. The molecule has 0 spiro atoms. The maximum absolute atomic E-state index is 12.9. The molecule has 110 valence electrons. The molecule has 21 heavy (non-hydrogen) atoms. The summed E-state index contributed by atoms with van der Waals surface area (Å²) in [5.41, 5.74) is 1.01. The maximum atomic E-state index is 12.9. The molecule has 1 aromatic carbocycles. The minimum atomic E-state index is 0.130. The van der Waals surface area contributed by atoms with E-state index < -0.39 is 0 Å². The standard InChI is InChI=1S/C17H20N2OS/c1-18-11-9-15(10-12-18)19(14-6-3-2-4-7-14)17(20)16-8-5-13-21-16/h2-8,13,15H,9-12H2,1H3. The number of para-hydroxylation sites is 1. The third-order valence-electron chi connectivity index (χ3n) is 4.04. The molecule has 0 unspecified atom stereocenters. The lowest BCUT2D eigenvalue weighted by Gasteiger charge is -2.37. The summed E-state index contributed by atoms with van der Waals surface area (Å²) >= 11 is 1.52. The Kier molecular flexibility index (Phi) is 4.36. The minimum absolute atomic E-state index is 0.130. The molecule has 0 atom stereocenters. The van der Waals surface area contributed by atoms with Crippen molar-refractivity contribution in [3.8, 4) is 0 Å². The molecule has 0 aliphatic carbocycles. The number of carbonyl (C=O) groups excluding carboxylic acids is 1. The molecule has 2 aromatic rings. The minimum Gasteiger partial charge on any atom is -0.306 e. The summed E-state index contributed by atoms with van der Waals surface area (Å²) in [5.74, 6) is 0.130. The second-order valence-corrected chi connectivity index (χ2v) is 6.47. The number of hydrogen-bond acceptors (Lipinski definition) is 3. The van der Waals surface area contributed by atoms with Gasteiger partial charge in [0.25, 0.3) is 5.91 Å². The van der Waals surface area contributed by atoms with E-state index in [1.165, 1.54) is 11.3 Å². The zero-order valence-corrected chi connectivity index (χ0v) is 13.1. The van der Waals surface area contributed by atoms with E-state index in [2.05, 4.69) is 11.9 Å². The second-order valence-electron chi connectivity index (χ2n) is 5.52. The van der Waals surface area contributed by atoms with Crippen LogP contribution in [0.15, 0.2) is 47.8 Å². The van der Waals surface area contributed by atoms with Crippen LogP contribution in [-0.4, -0.2) is 37.0 Å². The fourth-order valence-electron chi connectivity index (χ4n) is 2.85. The van der Waals surface area contributed by atoms with Gasteiger partial charge in [0.15, 0.2) is 0 Å². The molecular weight excluding hydrogens is 280 g/mol. The highest BCUT2D eigenvalue weighted by Gasteiger charge is 2.29. The second kappa shape index (κ2) is 6.41. The van der Waals surface area contributed by atoms with Gasteiger partial charge in [-0.25, -0.2) is 0 Å². The number of amides is 1. The Bertz CT molecular complexity index is 574. The van der Waals surface area contributed by atoms with Gasteiger partial charge in [-0.2, -0.15) is 0 Å². The van der Waals surface area contributed by atoms with Crippen molar-refractivity contribution in [3.05, 3.63) is 52.7 Å². The zero-order valence-electron chi connectivity index (χ0n) is 12.2. The molecule has 1 amide bonds. The van der Waals surface area contributed by atoms with Gasteiger partial charge in [-0.1, -0.05) is 24.3 Å². The molecule has 0 N–H and O–H groups in total. The van der Waals surface area contributed by atoms with Gasteiger partial charge in [-0.3, -0.25) is 4.79 Å². The van der Waals surface area contributed by atoms with Crippen LogP contribution in [0.3, 0.4) is 0 Å². The lowest BCUT2D eigenvalue weighted by atomic mass is 10.0. The van der Waals surface area contributed by atoms with Gasteiger partial charge in [0.2, 0.25) is 0 Å². The van der Waals surface area contributed by atoms with E-state index >= 15 is 0 Å². The predicted molar refractivity (Wildman–Crippen MR) is 88.1 cm³/mol. The lowest BCUT2D eigenvalue weighted by Crippen LogP contribution is -2.46. The van der Waals surface area contributed by atoms with Crippen LogP contribution in [0.1, 0.15) is 22.5 Å². The van der Waals surface area contributed by atoms with Crippen LogP contribution < -0.4 is 4.90 Å². The Morgan fingerprint density at radius 1 is 1.14 bits per heavy atom. The molecule has 1 aliphatic rings. The molecular formula is C17H20N2OS. The number of anilines is 1. The first-order chi connectivity index (χ1) is 10.3. The lowest BCUT2D eigenvalue weighted by molar-refractivity contribution is 0.0967. The van der Waals surface area contributed by atoms with E-state index in [1.807, 2.05) is 52.7 Å². The fraction of sp³-hybridized carbons (Fsp3) is 0.353. The average Bonchev–Trinajstić information content (AvgIpc) is 3.05. The average molecular weight is 300 g/mol. The van der Waals surface area contributed by atoms with Crippen molar-refractivity contribution in [2.45, 2.75) is 18.9 Å². The number of hydrogen-bond donors (Lipinski definition) is 0. The van der Waals surface area contributed by atoms with Gasteiger partial charge >= 0.3 is 0 Å². The van der Waals surface area contributed by atoms with Crippen molar-refractivity contribution in [2.24, 2.45) is 0 Å². The number of carbonyl (C=O) groups is 1. The van der Waals surface area contributed by atoms with Gasteiger partial charge in [-0.05, 0) is 56.6 Å². The zero-order chi connectivity index (χ0) is 14.7. The van der Waals surface area contributed by atoms with Crippen molar-refractivity contribution in [1.29, 1.82) is 0 Å². The Morgan fingerprint density at radius 3 is 2.48 bits per heavy atom. The van der Waals surface area contributed by atoms with Crippen LogP contribution in [-0.2, 0) is 0 Å². The van der Waals surface area contributed by atoms with Crippen LogP contribution in [0.4, 0.5) is 5.69 Å².